The Hall–Kier alpha value is -1.46. The van der Waals surface area contributed by atoms with Gasteiger partial charge in [0.25, 0.3) is 5.91 Å². The molecule has 0 fully saturated rings. The number of carbonyl (C=O) groups excluding carboxylic acids is 1. The Balaban J connectivity index is 2.21. The van der Waals surface area contributed by atoms with Gasteiger partial charge >= 0.3 is 0 Å². The fourth-order valence-corrected chi connectivity index (χ4v) is 2.23. The molecule has 0 bridgehead atoms. The van der Waals surface area contributed by atoms with Gasteiger partial charge < -0.3 is 14.6 Å². The molecular weight excluding hydrogens is 344 g/mol. The van der Waals surface area contributed by atoms with Crippen LogP contribution in [0.15, 0.2) is 39.4 Å². The molecule has 0 radical (unpaired) electrons. The molecule has 1 amide bonds. The van der Waals surface area contributed by atoms with E-state index >= 15 is 0 Å². The molecule has 2 aromatic rings. The van der Waals surface area contributed by atoms with Crippen LogP contribution in [0.4, 0.5) is 5.69 Å². The van der Waals surface area contributed by atoms with Crippen LogP contribution < -0.4 is 5.32 Å². The predicted molar refractivity (Wildman–Crippen MR) is 83.2 cm³/mol. The molecule has 106 valence electrons. The standard InChI is InChI=1S/C14H14BrClN2O2/c1-18(2)14(19)11-5-3-9(16)7-12(11)17-8-10-4-6-13(15)20-10/h3-7,17H,8H2,1-2H3. The maximum absolute atomic E-state index is 12.1. The van der Waals surface area contributed by atoms with E-state index in [1.807, 2.05) is 12.1 Å². The molecule has 6 heteroatoms. The topological polar surface area (TPSA) is 45.5 Å². The van der Waals surface area contributed by atoms with Crippen LogP contribution in [0.1, 0.15) is 16.1 Å². The lowest BCUT2D eigenvalue weighted by atomic mass is 10.1. The van der Waals surface area contributed by atoms with Crippen molar-refractivity contribution in [2.75, 3.05) is 19.4 Å². The molecule has 0 spiro atoms. The zero-order valence-corrected chi connectivity index (χ0v) is 13.5. The van der Waals surface area contributed by atoms with E-state index in [1.54, 1.807) is 32.3 Å². The Labute approximate surface area is 130 Å². The third-order valence-electron chi connectivity index (χ3n) is 2.70. The third kappa shape index (κ3) is 3.55. The van der Waals surface area contributed by atoms with Gasteiger partial charge in [0, 0.05) is 24.8 Å². The Morgan fingerprint density at radius 2 is 2.10 bits per heavy atom. The highest BCUT2D eigenvalue weighted by Crippen LogP contribution is 2.23. The molecule has 0 unspecified atom stereocenters. The number of furan rings is 1. The number of benzene rings is 1. The number of anilines is 1. The van der Waals surface area contributed by atoms with Gasteiger partial charge in [-0.15, -0.1) is 0 Å². The van der Waals surface area contributed by atoms with Gasteiger partial charge in [-0.3, -0.25) is 4.79 Å². The number of carbonyl (C=O) groups is 1. The van der Waals surface area contributed by atoms with Crippen molar-refractivity contribution >= 4 is 39.1 Å². The summed E-state index contributed by atoms with van der Waals surface area (Å²) in [5.41, 5.74) is 1.26. The minimum absolute atomic E-state index is 0.0789. The molecule has 1 aromatic heterocycles. The lowest BCUT2D eigenvalue weighted by Crippen LogP contribution is -2.22. The Kier molecular flexibility index (Phi) is 4.73. The first-order valence-corrected chi connectivity index (χ1v) is 7.14. The Morgan fingerprint density at radius 3 is 2.70 bits per heavy atom. The number of amides is 1. The van der Waals surface area contributed by atoms with E-state index in [-0.39, 0.29) is 5.91 Å². The van der Waals surface area contributed by atoms with Crippen molar-refractivity contribution in [1.29, 1.82) is 0 Å². The molecule has 0 saturated carbocycles. The molecule has 0 saturated heterocycles. The van der Waals surface area contributed by atoms with E-state index in [0.717, 1.165) is 5.76 Å². The smallest absolute Gasteiger partial charge is 0.255 e. The average molecular weight is 358 g/mol. The number of nitrogens with one attached hydrogen (secondary N) is 1. The maximum atomic E-state index is 12.1. The fraction of sp³-hybridized carbons (Fsp3) is 0.214. The van der Waals surface area contributed by atoms with Gasteiger partial charge in [-0.1, -0.05) is 11.6 Å². The van der Waals surface area contributed by atoms with E-state index < -0.39 is 0 Å². The summed E-state index contributed by atoms with van der Waals surface area (Å²) in [6.45, 7) is 0.472. The second kappa shape index (κ2) is 6.33. The molecule has 0 aliphatic heterocycles. The minimum Gasteiger partial charge on any atom is -0.452 e. The maximum Gasteiger partial charge on any atom is 0.255 e. The Morgan fingerprint density at radius 1 is 1.35 bits per heavy atom. The van der Waals surface area contributed by atoms with Crippen molar-refractivity contribution in [3.05, 3.63) is 51.3 Å². The summed E-state index contributed by atoms with van der Waals surface area (Å²) in [6, 6.07) is 8.82. The first-order chi connectivity index (χ1) is 9.47. The Bertz CT molecular complexity index is 625. The summed E-state index contributed by atoms with van der Waals surface area (Å²) >= 11 is 9.24. The van der Waals surface area contributed by atoms with Crippen LogP contribution >= 0.6 is 27.5 Å². The van der Waals surface area contributed by atoms with Crippen LogP contribution in [0.25, 0.3) is 0 Å². The van der Waals surface area contributed by atoms with Crippen molar-refractivity contribution < 1.29 is 9.21 Å². The van der Waals surface area contributed by atoms with Gasteiger partial charge in [0.1, 0.15) is 5.76 Å². The number of rotatable bonds is 4. The van der Waals surface area contributed by atoms with Crippen LogP contribution in [0, 0.1) is 0 Å². The van der Waals surface area contributed by atoms with Gasteiger partial charge in [0.2, 0.25) is 0 Å². The molecule has 20 heavy (non-hydrogen) atoms. The van der Waals surface area contributed by atoms with E-state index in [0.29, 0.717) is 27.5 Å². The molecule has 1 aromatic carbocycles. The highest BCUT2D eigenvalue weighted by atomic mass is 79.9. The second-order valence-electron chi connectivity index (χ2n) is 4.45. The second-order valence-corrected chi connectivity index (χ2v) is 5.67. The minimum atomic E-state index is -0.0789. The molecular formula is C14H14BrClN2O2. The molecule has 4 nitrogen and oxygen atoms in total. The largest absolute Gasteiger partial charge is 0.452 e. The molecule has 0 aliphatic carbocycles. The summed E-state index contributed by atoms with van der Waals surface area (Å²) in [6.07, 6.45) is 0. The molecule has 1 N–H and O–H groups in total. The molecule has 2 rings (SSSR count). The summed E-state index contributed by atoms with van der Waals surface area (Å²) in [5.74, 6) is 0.685. The van der Waals surface area contributed by atoms with E-state index in [2.05, 4.69) is 21.2 Å². The van der Waals surface area contributed by atoms with Crippen LogP contribution in [-0.4, -0.2) is 24.9 Å². The monoisotopic (exact) mass is 356 g/mol. The van der Waals surface area contributed by atoms with Crippen molar-refractivity contribution in [2.45, 2.75) is 6.54 Å². The van der Waals surface area contributed by atoms with E-state index in [1.165, 1.54) is 4.90 Å². The quantitative estimate of drug-likeness (QED) is 0.899. The van der Waals surface area contributed by atoms with Crippen molar-refractivity contribution in [2.24, 2.45) is 0 Å². The zero-order valence-electron chi connectivity index (χ0n) is 11.1. The summed E-state index contributed by atoms with van der Waals surface area (Å²) < 4.78 is 6.08. The van der Waals surface area contributed by atoms with E-state index in [4.69, 9.17) is 16.0 Å². The van der Waals surface area contributed by atoms with Crippen LogP contribution in [0.3, 0.4) is 0 Å². The highest BCUT2D eigenvalue weighted by Gasteiger charge is 2.14. The predicted octanol–water partition coefficient (Wildman–Crippen LogP) is 4.01. The summed E-state index contributed by atoms with van der Waals surface area (Å²) in [4.78, 5) is 13.6. The molecule has 1 heterocycles. The van der Waals surface area contributed by atoms with Crippen molar-refractivity contribution in [3.63, 3.8) is 0 Å². The number of nitrogens with zero attached hydrogens (tertiary/aromatic N) is 1. The average Bonchev–Trinajstić information content (AvgIpc) is 2.81. The normalized spacial score (nSPS) is 10.4. The van der Waals surface area contributed by atoms with Crippen molar-refractivity contribution in [3.8, 4) is 0 Å². The SMILES string of the molecule is CN(C)C(=O)c1ccc(Cl)cc1NCc1ccc(Br)o1. The lowest BCUT2D eigenvalue weighted by Gasteiger charge is -2.15. The first kappa shape index (κ1) is 14.9. The van der Waals surface area contributed by atoms with Gasteiger partial charge in [-0.05, 0) is 46.3 Å². The van der Waals surface area contributed by atoms with E-state index in [9.17, 15) is 4.79 Å². The van der Waals surface area contributed by atoms with Gasteiger partial charge in [-0.25, -0.2) is 0 Å². The number of halogens is 2. The number of hydrogen-bond donors (Lipinski definition) is 1. The molecule has 0 atom stereocenters. The van der Waals surface area contributed by atoms with Gasteiger partial charge in [-0.2, -0.15) is 0 Å². The molecule has 0 aliphatic rings. The lowest BCUT2D eigenvalue weighted by molar-refractivity contribution is 0.0828. The zero-order chi connectivity index (χ0) is 14.7. The highest BCUT2D eigenvalue weighted by molar-refractivity contribution is 9.10. The third-order valence-corrected chi connectivity index (χ3v) is 3.36. The van der Waals surface area contributed by atoms with Gasteiger partial charge in [0.15, 0.2) is 4.67 Å². The fourth-order valence-electron chi connectivity index (χ4n) is 1.72. The van der Waals surface area contributed by atoms with Gasteiger partial charge in [0.05, 0.1) is 12.1 Å². The van der Waals surface area contributed by atoms with Crippen LogP contribution in [0.5, 0.6) is 0 Å². The van der Waals surface area contributed by atoms with Crippen LogP contribution in [0.2, 0.25) is 5.02 Å². The first-order valence-electron chi connectivity index (χ1n) is 5.96. The summed E-state index contributed by atoms with van der Waals surface area (Å²) in [5, 5.41) is 3.75. The number of hydrogen-bond acceptors (Lipinski definition) is 3. The summed E-state index contributed by atoms with van der Waals surface area (Å²) in [7, 11) is 3.43. The van der Waals surface area contributed by atoms with Crippen LogP contribution in [-0.2, 0) is 6.54 Å². The van der Waals surface area contributed by atoms with Crippen molar-refractivity contribution in [1.82, 2.24) is 4.90 Å².